The first-order chi connectivity index (χ1) is 13.0. The van der Waals surface area contributed by atoms with Crippen LogP contribution in [0.2, 0.25) is 0 Å². The SMILES string of the molecule is COCC1(c2nc3c(c(/C(C)=C/N(C)C)c2C#N)CCCC3)CCCCC1. The minimum atomic E-state index is -0.113. The number of nitrogens with zero attached hydrogens (tertiary/aromatic N) is 3. The van der Waals surface area contributed by atoms with E-state index in [0.29, 0.717) is 6.61 Å². The summed E-state index contributed by atoms with van der Waals surface area (Å²) in [6, 6.07) is 2.57. The third-order valence-corrected chi connectivity index (χ3v) is 6.17. The molecule has 1 saturated carbocycles. The summed E-state index contributed by atoms with van der Waals surface area (Å²) in [4.78, 5) is 7.24. The summed E-state index contributed by atoms with van der Waals surface area (Å²) in [6.45, 7) is 2.79. The fourth-order valence-electron chi connectivity index (χ4n) is 5.08. The van der Waals surface area contributed by atoms with E-state index >= 15 is 0 Å². The lowest BCUT2D eigenvalue weighted by Crippen LogP contribution is -2.37. The largest absolute Gasteiger partial charge is 0.384 e. The van der Waals surface area contributed by atoms with Gasteiger partial charge in [0.1, 0.15) is 6.07 Å². The molecule has 0 aromatic carbocycles. The molecule has 4 heteroatoms. The van der Waals surface area contributed by atoms with E-state index in [1.54, 1.807) is 7.11 Å². The summed E-state index contributed by atoms with van der Waals surface area (Å²) < 4.78 is 5.68. The maximum atomic E-state index is 10.2. The van der Waals surface area contributed by atoms with Gasteiger partial charge in [0.15, 0.2) is 0 Å². The average Bonchev–Trinajstić information content (AvgIpc) is 2.66. The van der Waals surface area contributed by atoms with Crippen molar-refractivity contribution < 1.29 is 4.74 Å². The highest BCUT2D eigenvalue weighted by Gasteiger charge is 2.39. The van der Waals surface area contributed by atoms with Crippen molar-refractivity contribution >= 4 is 5.57 Å². The van der Waals surface area contributed by atoms with Crippen LogP contribution in [-0.4, -0.2) is 37.7 Å². The third-order valence-electron chi connectivity index (χ3n) is 6.17. The predicted molar refractivity (Wildman–Crippen MR) is 110 cm³/mol. The standard InChI is InChI=1S/C23H33N3O/c1-17(15-26(2)3)21-18-10-6-7-11-20(18)25-22(19(21)14-24)23(16-27-4)12-8-5-9-13-23/h15H,5-13,16H2,1-4H3/b17-15+. The highest BCUT2D eigenvalue weighted by molar-refractivity contribution is 5.74. The van der Waals surface area contributed by atoms with E-state index in [1.807, 2.05) is 14.1 Å². The molecule has 0 aliphatic heterocycles. The van der Waals surface area contributed by atoms with Crippen molar-refractivity contribution in [3.63, 3.8) is 0 Å². The second-order valence-electron chi connectivity index (χ2n) is 8.50. The van der Waals surface area contributed by atoms with Crippen molar-refractivity contribution in [2.75, 3.05) is 27.8 Å². The van der Waals surface area contributed by atoms with Crippen LogP contribution >= 0.6 is 0 Å². The van der Waals surface area contributed by atoms with Gasteiger partial charge < -0.3 is 9.64 Å². The Labute approximate surface area is 164 Å². The molecule has 3 rings (SSSR count). The molecule has 0 unspecified atom stereocenters. The van der Waals surface area contributed by atoms with Crippen LogP contribution < -0.4 is 0 Å². The van der Waals surface area contributed by atoms with Gasteiger partial charge in [-0.15, -0.1) is 0 Å². The molecule has 4 nitrogen and oxygen atoms in total. The molecule has 1 fully saturated rings. The lowest BCUT2D eigenvalue weighted by Gasteiger charge is -2.38. The Balaban J connectivity index is 2.27. The number of hydrogen-bond acceptors (Lipinski definition) is 4. The van der Waals surface area contributed by atoms with Gasteiger partial charge in [0.2, 0.25) is 0 Å². The molecule has 0 radical (unpaired) electrons. The Morgan fingerprint density at radius 3 is 2.52 bits per heavy atom. The van der Waals surface area contributed by atoms with Crippen LogP contribution in [0.1, 0.15) is 79.9 Å². The summed E-state index contributed by atoms with van der Waals surface area (Å²) >= 11 is 0. The lowest BCUT2D eigenvalue weighted by atomic mass is 9.69. The normalized spacial score (nSPS) is 19.3. The van der Waals surface area contributed by atoms with E-state index in [1.165, 1.54) is 48.9 Å². The zero-order valence-electron chi connectivity index (χ0n) is 17.4. The van der Waals surface area contributed by atoms with Crippen molar-refractivity contribution in [2.45, 2.75) is 70.1 Å². The molecule has 1 heterocycles. The summed E-state index contributed by atoms with van der Waals surface area (Å²) in [5, 5.41) is 10.2. The smallest absolute Gasteiger partial charge is 0.102 e. The number of aromatic nitrogens is 1. The molecule has 1 aromatic rings. The minimum absolute atomic E-state index is 0.113. The van der Waals surface area contributed by atoms with Gasteiger partial charge in [-0.3, -0.25) is 4.98 Å². The molecule has 146 valence electrons. The number of methoxy groups -OCH3 is 1. The Hall–Kier alpha value is -1.86. The number of allylic oxidation sites excluding steroid dienone is 1. The van der Waals surface area contributed by atoms with Crippen LogP contribution in [0.25, 0.3) is 5.57 Å². The van der Waals surface area contributed by atoms with Crippen molar-refractivity contribution in [1.29, 1.82) is 5.26 Å². The van der Waals surface area contributed by atoms with Gasteiger partial charge in [-0.1, -0.05) is 19.3 Å². The van der Waals surface area contributed by atoms with Crippen LogP contribution in [0, 0.1) is 11.3 Å². The van der Waals surface area contributed by atoms with E-state index in [-0.39, 0.29) is 5.41 Å². The highest BCUT2D eigenvalue weighted by atomic mass is 16.5. The van der Waals surface area contributed by atoms with Gasteiger partial charge in [-0.25, -0.2) is 0 Å². The zero-order valence-corrected chi connectivity index (χ0v) is 17.4. The van der Waals surface area contributed by atoms with Crippen LogP contribution in [-0.2, 0) is 23.0 Å². The molecule has 0 bridgehead atoms. The molecule has 2 aliphatic rings. The molecule has 0 atom stereocenters. The van der Waals surface area contributed by atoms with Crippen molar-refractivity contribution in [3.05, 3.63) is 34.3 Å². The first-order valence-corrected chi connectivity index (χ1v) is 10.3. The maximum absolute atomic E-state index is 10.2. The second kappa shape index (κ2) is 8.44. The first kappa shape index (κ1) is 19.9. The van der Waals surface area contributed by atoms with E-state index in [2.05, 4.69) is 24.1 Å². The predicted octanol–water partition coefficient (Wildman–Crippen LogP) is 4.60. The quantitative estimate of drug-likeness (QED) is 0.763. The molecular formula is C23H33N3O. The number of hydrogen-bond donors (Lipinski definition) is 0. The molecule has 27 heavy (non-hydrogen) atoms. The van der Waals surface area contributed by atoms with Gasteiger partial charge in [-0.2, -0.15) is 5.26 Å². The number of fused-ring (bicyclic) bond motifs is 1. The van der Waals surface area contributed by atoms with Crippen LogP contribution in [0.15, 0.2) is 6.20 Å². The maximum Gasteiger partial charge on any atom is 0.102 e. The van der Waals surface area contributed by atoms with Crippen LogP contribution in [0.4, 0.5) is 0 Å². The third kappa shape index (κ3) is 3.89. The number of aryl methyl sites for hydroxylation is 1. The second-order valence-corrected chi connectivity index (χ2v) is 8.50. The summed E-state index contributed by atoms with van der Waals surface area (Å²) in [5.74, 6) is 0. The van der Waals surface area contributed by atoms with Crippen LogP contribution in [0.3, 0.4) is 0 Å². The number of ether oxygens (including phenoxy) is 1. The number of nitriles is 1. The van der Waals surface area contributed by atoms with E-state index < -0.39 is 0 Å². The van der Waals surface area contributed by atoms with E-state index in [0.717, 1.165) is 42.5 Å². The van der Waals surface area contributed by atoms with Gasteiger partial charge in [0.25, 0.3) is 0 Å². The topological polar surface area (TPSA) is 49.1 Å². The molecule has 0 saturated heterocycles. The van der Waals surface area contributed by atoms with Crippen LogP contribution in [0.5, 0.6) is 0 Å². The van der Waals surface area contributed by atoms with E-state index in [9.17, 15) is 5.26 Å². The summed E-state index contributed by atoms with van der Waals surface area (Å²) in [7, 11) is 5.86. The Bertz CT molecular complexity index is 746. The fourth-order valence-corrected chi connectivity index (χ4v) is 5.08. The molecule has 0 amide bonds. The Morgan fingerprint density at radius 1 is 1.19 bits per heavy atom. The Kier molecular flexibility index (Phi) is 6.22. The number of pyridine rings is 1. The van der Waals surface area contributed by atoms with Gasteiger partial charge in [0, 0.05) is 44.1 Å². The molecule has 2 aliphatic carbocycles. The molecule has 0 N–H and O–H groups in total. The number of rotatable bonds is 5. The monoisotopic (exact) mass is 367 g/mol. The lowest BCUT2D eigenvalue weighted by molar-refractivity contribution is 0.100. The molecule has 1 aromatic heterocycles. The summed E-state index contributed by atoms with van der Waals surface area (Å²) in [5.41, 5.74) is 6.53. The first-order valence-electron chi connectivity index (χ1n) is 10.3. The zero-order chi connectivity index (χ0) is 19.4. The highest BCUT2D eigenvalue weighted by Crippen LogP contribution is 2.43. The fraction of sp³-hybridized carbons (Fsp3) is 0.652. The molecule has 0 spiro atoms. The summed E-state index contributed by atoms with van der Waals surface area (Å²) in [6.07, 6.45) is 12.4. The van der Waals surface area contributed by atoms with Crippen molar-refractivity contribution in [1.82, 2.24) is 9.88 Å². The molecular weight excluding hydrogens is 334 g/mol. The average molecular weight is 368 g/mol. The van der Waals surface area contributed by atoms with E-state index in [4.69, 9.17) is 9.72 Å². The Morgan fingerprint density at radius 2 is 1.89 bits per heavy atom. The van der Waals surface area contributed by atoms with Gasteiger partial charge in [-0.05, 0) is 56.6 Å². The minimum Gasteiger partial charge on any atom is -0.384 e. The van der Waals surface area contributed by atoms with Gasteiger partial charge in [0.05, 0.1) is 17.9 Å². The van der Waals surface area contributed by atoms with Gasteiger partial charge >= 0.3 is 0 Å². The van der Waals surface area contributed by atoms with Crippen molar-refractivity contribution in [3.8, 4) is 6.07 Å². The van der Waals surface area contributed by atoms with Crippen molar-refractivity contribution in [2.24, 2.45) is 0 Å².